The molecule has 1 aromatic carbocycles. The average molecular weight is 410 g/mol. The highest BCUT2D eigenvalue weighted by atomic mass is 19.4. The summed E-state index contributed by atoms with van der Waals surface area (Å²) in [5.41, 5.74) is 0.804. The molecule has 1 atom stereocenters. The molecule has 5 nitrogen and oxygen atoms in total. The summed E-state index contributed by atoms with van der Waals surface area (Å²) >= 11 is 0. The van der Waals surface area contributed by atoms with Crippen molar-refractivity contribution < 1.29 is 27.1 Å². The molecule has 2 aromatic heterocycles. The summed E-state index contributed by atoms with van der Waals surface area (Å²) in [6.07, 6.45) is -3.27. The highest BCUT2D eigenvalue weighted by Crippen LogP contribution is 2.42. The Morgan fingerprint density at radius 3 is 2.45 bits per heavy atom. The molecule has 1 aliphatic rings. The van der Waals surface area contributed by atoms with Crippen molar-refractivity contribution in [3.05, 3.63) is 76.7 Å². The highest BCUT2D eigenvalue weighted by molar-refractivity contribution is 5.41. The predicted molar refractivity (Wildman–Crippen MR) is 91.7 cm³/mol. The Morgan fingerprint density at radius 2 is 1.83 bits per heavy atom. The number of benzene rings is 1. The van der Waals surface area contributed by atoms with Crippen molar-refractivity contribution in [2.24, 2.45) is 0 Å². The van der Waals surface area contributed by atoms with E-state index >= 15 is 0 Å². The molecule has 4 rings (SSSR count). The van der Waals surface area contributed by atoms with Crippen LogP contribution in [0, 0.1) is 11.6 Å². The first-order valence-corrected chi connectivity index (χ1v) is 8.72. The monoisotopic (exact) mass is 410 g/mol. The Kier molecular flexibility index (Phi) is 4.73. The molecule has 1 unspecified atom stereocenters. The fourth-order valence-corrected chi connectivity index (χ4v) is 3.65. The maximum atomic E-state index is 13.6. The molecule has 0 radical (unpaired) electrons. The molecule has 0 fully saturated rings. The number of alkyl halides is 3. The van der Waals surface area contributed by atoms with E-state index in [0.717, 1.165) is 18.2 Å². The summed E-state index contributed by atoms with van der Waals surface area (Å²) in [5.74, 6) is -2.52. The van der Waals surface area contributed by atoms with Crippen LogP contribution in [0.2, 0.25) is 0 Å². The first-order chi connectivity index (χ1) is 13.7. The molecule has 29 heavy (non-hydrogen) atoms. The molecule has 3 aromatic rings. The quantitative estimate of drug-likeness (QED) is 0.666. The van der Waals surface area contributed by atoms with Crippen LogP contribution in [0.25, 0.3) is 0 Å². The number of fused-ring (bicyclic) bond motifs is 1. The third-order valence-corrected chi connectivity index (χ3v) is 4.76. The Labute approximate surface area is 162 Å². The van der Waals surface area contributed by atoms with E-state index in [-0.39, 0.29) is 35.4 Å². The van der Waals surface area contributed by atoms with Crippen LogP contribution in [-0.4, -0.2) is 31.3 Å². The Hall–Kier alpha value is -3.01. The molecule has 0 amide bonds. The second-order valence-electron chi connectivity index (χ2n) is 6.72. The molecule has 0 spiro atoms. The number of hydrogen-bond donors (Lipinski definition) is 1. The Morgan fingerprint density at radius 1 is 1.10 bits per heavy atom. The van der Waals surface area contributed by atoms with Gasteiger partial charge in [0.1, 0.15) is 11.6 Å². The van der Waals surface area contributed by atoms with Gasteiger partial charge in [-0.1, -0.05) is 6.07 Å². The van der Waals surface area contributed by atoms with Crippen LogP contribution in [0.15, 0.2) is 42.6 Å². The van der Waals surface area contributed by atoms with Crippen molar-refractivity contribution >= 4 is 0 Å². The lowest BCUT2D eigenvalue weighted by molar-refractivity contribution is -0.215. The smallest absolute Gasteiger partial charge is 0.493 e. The second kappa shape index (κ2) is 7.11. The van der Waals surface area contributed by atoms with Gasteiger partial charge in [-0.15, -0.1) is 17.9 Å². The first kappa shape index (κ1) is 19.3. The van der Waals surface area contributed by atoms with Crippen LogP contribution < -0.4 is 0 Å². The Balaban J connectivity index is 1.80. The summed E-state index contributed by atoms with van der Waals surface area (Å²) in [6.45, 7) is 0.312. The number of hydrogen-bond acceptors (Lipinski definition) is 4. The van der Waals surface area contributed by atoms with Crippen LogP contribution in [-0.2, 0) is 19.3 Å². The fraction of sp³-hybridized carbons (Fsp3) is 0.263. The normalized spacial score (nSPS) is 17.3. The largest absolute Gasteiger partial charge is 0.507 e. The van der Waals surface area contributed by atoms with Gasteiger partial charge in [-0.05, 0) is 29.8 Å². The first-order valence-electron chi connectivity index (χ1n) is 8.72. The van der Waals surface area contributed by atoms with Gasteiger partial charge in [0.05, 0.1) is 23.0 Å². The van der Waals surface area contributed by atoms with E-state index in [0.29, 0.717) is 11.3 Å². The van der Waals surface area contributed by atoms with Crippen LogP contribution in [0.5, 0.6) is 5.88 Å². The van der Waals surface area contributed by atoms with E-state index < -0.39 is 29.9 Å². The van der Waals surface area contributed by atoms with Gasteiger partial charge in [-0.2, -0.15) is 5.10 Å². The van der Waals surface area contributed by atoms with Gasteiger partial charge >= 0.3 is 6.30 Å². The van der Waals surface area contributed by atoms with Gasteiger partial charge in [0, 0.05) is 31.8 Å². The number of pyridine rings is 1. The van der Waals surface area contributed by atoms with Crippen LogP contribution in [0.1, 0.15) is 28.6 Å². The molecule has 0 aliphatic carbocycles. The van der Waals surface area contributed by atoms with E-state index in [9.17, 15) is 27.1 Å². The third-order valence-electron chi connectivity index (χ3n) is 4.76. The van der Waals surface area contributed by atoms with Gasteiger partial charge < -0.3 is 5.11 Å². The van der Waals surface area contributed by atoms with E-state index in [1.807, 2.05) is 0 Å². The lowest BCUT2D eigenvalue weighted by Gasteiger charge is -2.35. The molecular formula is C19H15F5N4O. The van der Waals surface area contributed by atoms with Crippen molar-refractivity contribution in [1.29, 1.82) is 0 Å². The molecule has 1 N–H and O–H groups in total. The van der Waals surface area contributed by atoms with Crippen molar-refractivity contribution in [3.8, 4) is 5.88 Å². The SMILES string of the molecule is Oc1c2c(nn1C(F)(F)F)CCN(Cc1cc(F)cc(F)c1)C2c1ccccn1. The molecule has 3 heterocycles. The lowest BCUT2D eigenvalue weighted by Crippen LogP contribution is -2.35. The summed E-state index contributed by atoms with van der Waals surface area (Å²) in [7, 11) is 0. The number of aromatic nitrogens is 3. The van der Waals surface area contributed by atoms with Gasteiger partial charge in [0.2, 0.25) is 5.88 Å². The van der Waals surface area contributed by atoms with Crippen molar-refractivity contribution in [2.45, 2.75) is 25.3 Å². The van der Waals surface area contributed by atoms with Crippen LogP contribution in [0.3, 0.4) is 0 Å². The van der Waals surface area contributed by atoms with E-state index in [2.05, 4.69) is 10.1 Å². The summed E-state index contributed by atoms with van der Waals surface area (Å²) in [4.78, 5) is 5.93. The average Bonchev–Trinajstić information content (AvgIpc) is 2.99. The number of nitrogens with zero attached hydrogens (tertiary/aromatic N) is 4. The zero-order valence-electron chi connectivity index (χ0n) is 14.9. The van der Waals surface area contributed by atoms with Gasteiger partial charge in [-0.3, -0.25) is 9.88 Å². The maximum Gasteiger partial charge on any atom is 0.507 e. The van der Waals surface area contributed by atoms with Crippen LogP contribution in [0.4, 0.5) is 22.0 Å². The Bertz CT molecular complexity index is 1010. The molecular weight excluding hydrogens is 395 g/mol. The summed E-state index contributed by atoms with van der Waals surface area (Å²) in [5, 5.41) is 13.9. The topological polar surface area (TPSA) is 54.2 Å². The zero-order chi connectivity index (χ0) is 20.8. The van der Waals surface area contributed by atoms with Gasteiger partial charge in [0.25, 0.3) is 0 Å². The molecule has 152 valence electrons. The molecule has 0 saturated heterocycles. The molecule has 1 aliphatic heterocycles. The van der Waals surface area contributed by atoms with E-state index in [4.69, 9.17) is 0 Å². The number of aromatic hydroxyl groups is 1. The van der Waals surface area contributed by atoms with E-state index in [1.54, 1.807) is 23.1 Å². The third kappa shape index (κ3) is 3.67. The summed E-state index contributed by atoms with van der Waals surface area (Å²) < 4.78 is 66.5. The minimum atomic E-state index is -4.88. The number of rotatable bonds is 3. The molecule has 0 bridgehead atoms. The maximum absolute atomic E-state index is 13.6. The van der Waals surface area contributed by atoms with Gasteiger partial charge in [0.15, 0.2) is 0 Å². The van der Waals surface area contributed by atoms with Gasteiger partial charge in [-0.25, -0.2) is 8.78 Å². The van der Waals surface area contributed by atoms with Crippen LogP contribution >= 0.6 is 0 Å². The van der Waals surface area contributed by atoms with Crippen molar-refractivity contribution in [3.63, 3.8) is 0 Å². The zero-order valence-corrected chi connectivity index (χ0v) is 14.9. The lowest BCUT2D eigenvalue weighted by atomic mass is 9.94. The second-order valence-corrected chi connectivity index (χ2v) is 6.72. The minimum Gasteiger partial charge on any atom is -0.493 e. The fourth-order valence-electron chi connectivity index (χ4n) is 3.65. The van der Waals surface area contributed by atoms with Crippen molar-refractivity contribution in [2.75, 3.05) is 6.54 Å². The van der Waals surface area contributed by atoms with E-state index in [1.165, 1.54) is 6.20 Å². The molecule has 10 heteroatoms. The van der Waals surface area contributed by atoms with Crippen molar-refractivity contribution in [1.82, 2.24) is 19.7 Å². The standard InChI is InChI=1S/C19H15F5N4O/c20-12-7-11(8-13(21)9-12)10-27-6-4-14-16(17(27)15-3-1-2-5-25-15)18(29)28(26-14)19(22,23)24/h1-3,5,7-9,17,29H,4,6,10H2. The molecule has 0 saturated carbocycles. The highest BCUT2D eigenvalue weighted by Gasteiger charge is 2.42. The number of halogens is 5. The minimum absolute atomic E-state index is 0.0100. The summed E-state index contributed by atoms with van der Waals surface area (Å²) in [6, 6.07) is 7.14. The predicted octanol–water partition coefficient (Wildman–Crippen LogP) is 3.89.